The zero-order valence-corrected chi connectivity index (χ0v) is 12.2. The van der Waals surface area contributed by atoms with E-state index < -0.39 is 5.97 Å². The van der Waals surface area contributed by atoms with Crippen molar-refractivity contribution in [3.05, 3.63) is 72.0 Å². The number of ether oxygens (including phenoxy) is 1. The first-order chi connectivity index (χ1) is 11.7. The van der Waals surface area contributed by atoms with Crippen molar-refractivity contribution < 1.29 is 14.6 Å². The third-order valence-corrected chi connectivity index (χ3v) is 3.07. The van der Waals surface area contributed by atoms with Crippen molar-refractivity contribution >= 4 is 11.7 Å². The number of rotatable bonds is 4. The SMILES string of the molecule is [C-]#[N+]c1cccc(Oc2nc(-c3cccnc3)ncc2C(=O)O)c1. The van der Waals surface area contributed by atoms with E-state index in [0.717, 1.165) is 0 Å². The number of nitrogens with zero attached hydrogens (tertiary/aromatic N) is 4. The Morgan fingerprint density at radius 2 is 2.08 bits per heavy atom. The highest BCUT2D eigenvalue weighted by Gasteiger charge is 2.17. The van der Waals surface area contributed by atoms with E-state index in [1.54, 1.807) is 42.7 Å². The molecule has 116 valence electrons. The van der Waals surface area contributed by atoms with E-state index in [-0.39, 0.29) is 11.4 Å². The summed E-state index contributed by atoms with van der Waals surface area (Å²) in [5.74, 6) is -0.686. The Labute approximate surface area is 137 Å². The van der Waals surface area contributed by atoms with E-state index in [1.807, 2.05) is 0 Å². The maximum absolute atomic E-state index is 11.4. The van der Waals surface area contributed by atoms with Crippen LogP contribution in [0.5, 0.6) is 11.6 Å². The largest absolute Gasteiger partial charge is 0.477 e. The van der Waals surface area contributed by atoms with Crippen molar-refractivity contribution in [1.82, 2.24) is 15.0 Å². The predicted molar refractivity (Wildman–Crippen MR) is 85.0 cm³/mol. The van der Waals surface area contributed by atoms with Gasteiger partial charge in [0.15, 0.2) is 11.5 Å². The molecular formula is C17H10N4O3. The Kier molecular flexibility index (Phi) is 4.12. The average Bonchev–Trinajstić information content (AvgIpc) is 2.62. The summed E-state index contributed by atoms with van der Waals surface area (Å²) in [6, 6.07) is 9.87. The Balaban J connectivity index is 2.04. The first kappa shape index (κ1) is 15.1. The van der Waals surface area contributed by atoms with Gasteiger partial charge in [-0.3, -0.25) is 4.98 Å². The van der Waals surface area contributed by atoms with Gasteiger partial charge in [0.1, 0.15) is 11.3 Å². The molecule has 0 radical (unpaired) electrons. The molecule has 0 atom stereocenters. The number of benzene rings is 1. The van der Waals surface area contributed by atoms with E-state index in [2.05, 4.69) is 19.8 Å². The van der Waals surface area contributed by atoms with E-state index in [1.165, 1.54) is 12.3 Å². The molecule has 0 aliphatic heterocycles. The fraction of sp³-hybridized carbons (Fsp3) is 0. The normalized spacial score (nSPS) is 9.96. The number of hydrogen-bond donors (Lipinski definition) is 1. The average molecular weight is 318 g/mol. The minimum absolute atomic E-state index is 0.0986. The third kappa shape index (κ3) is 3.18. The highest BCUT2D eigenvalue weighted by atomic mass is 16.5. The lowest BCUT2D eigenvalue weighted by Gasteiger charge is -2.09. The van der Waals surface area contributed by atoms with Gasteiger partial charge >= 0.3 is 5.97 Å². The first-order valence-electron chi connectivity index (χ1n) is 6.83. The lowest BCUT2D eigenvalue weighted by Crippen LogP contribution is -2.04. The van der Waals surface area contributed by atoms with Crippen LogP contribution >= 0.6 is 0 Å². The van der Waals surface area contributed by atoms with Crippen LogP contribution in [0.25, 0.3) is 16.2 Å². The van der Waals surface area contributed by atoms with Crippen LogP contribution in [0.15, 0.2) is 55.0 Å². The molecule has 0 bridgehead atoms. The van der Waals surface area contributed by atoms with Gasteiger partial charge in [0.2, 0.25) is 5.88 Å². The molecule has 2 aromatic heterocycles. The first-order valence-corrected chi connectivity index (χ1v) is 6.83. The summed E-state index contributed by atoms with van der Waals surface area (Å²) in [4.78, 5) is 26.9. The van der Waals surface area contributed by atoms with Gasteiger partial charge in [-0.25, -0.2) is 14.6 Å². The highest BCUT2D eigenvalue weighted by Crippen LogP contribution is 2.28. The Hall–Kier alpha value is -3.79. The Morgan fingerprint density at radius 1 is 1.21 bits per heavy atom. The number of aromatic nitrogens is 3. The Bertz CT molecular complexity index is 936. The van der Waals surface area contributed by atoms with Crippen molar-refractivity contribution in [2.24, 2.45) is 0 Å². The molecule has 0 saturated carbocycles. The fourth-order valence-corrected chi connectivity index (χ4v) is 1.95. The smallest absolute Gasteiger partial charge is 0.342 e. The quantitative estimate of drug-likeness (QED) is 0.739. The second kappa shape index (κ2) is 6.54. The molecule has 7 nitrogen and oxygen atoms in total. The van der Waals surface area contributed by atoms with Crippen LogP contribution in [0.4, 0.5) is 5.69 Å². The molecule has 2 heterocycles. The van der Waals surface area contributed by atoms with E-state index in [9.17, 15) is 9.90 Å². The van der Waals surface area contributed by atoms with Gasteiger partial charge in [0, 0.05) is 24.2 Å². The van der Waals surface area contributed by atoms with Gasteiger partial charge < -0.3 is 9.84 Å². The molecule has 1 N–H and O–H groups in total. The molecule has 24 heavy (non-hydrogen) atoms. The molecule has 0 fully saturated rings. The fourth-order valence-electron chi connectivity index (χ4n) is 1.95. The molecule has 0 amide bonds. The van der Waals surface area contributed by atoms with Gasteiger partial charge in [0.05, 0.1) is 6.57 Å². The minimum Gasteiger partial charge on any atom is -0.477 e. The maximum atomic E-state index is 11.4. The number of pyridine rings is 1. The topological polar surface area (TPSA) is 89.6 Å². The minimum atomic E-state index is -1.20. The summed E-state index contributed by atoms with van der Waals surface area (Å²) in [6.07, 6.45) is 4.37. The van der Waals surface area contributed by atoms with Gasteiger partial charge in [-0.1, -0.05) is 12.1 Å². The molecule has 7 heteroatoms. The standard InChI is InChI=1S/C17H10N4O3/c1-18-12-5-2-6-13(8-12)24-16-14(17(22)23)10-20-15(21-16)11-4-3-7-19-9-11/h2-10H,(H,22,23). The molecule has 0 unspecified atom stereocenters. The van der Waals surface area contributed by atoms with Crippen molar-refractivity contribution in [1.29, 1.82) is 0 Å². The molecular weight excluding hydrogens is 308 g/mol. The van der Waals surface area contributed by atoms with Gasteiger partial charge in [0.25, 0.3) is 0 Å². The van der Waals surface area contributed by atoms with Gasteiger partial charge in [-0.05, 0) is 24.3 Å². The molecule has 0 spiro atoms. The number of carbonyl (C=O) groups is 1. The predicted octanol–water partition coefficient (Wildman–Crippen LogP) is 3.58. The van der Waals surface area contributed by atoms with Crippen LogP contribution in [-0.4, -0.2) is 26.0 Å². The summed E-state index contributed by atoms with van der Waals surface area (Å²) >= 11 is 0. The van der Waals surface area contributed by atoms with Gasteiger partial charge in [-0.15, -0.1) is 0 Å². The number of carboxylic acids is 1. The Morgan fingerprint density at radius 3 is 2.79 bits per heavy atom. The molecule has 1 aromatic carbocycles. The van der Waals surface area contributed by atoms with Crippen LogP contribution in [0.1, 0.15) is 10.4 Å². The summed E-state index contributed by atoms with van der Waals surface area (Å²) in [6.45, 7) is 7.02. The van der Waals surface area contributed by atoms with Crippen LogP contribution in [0.3, 0.4) is 0 Å². The lowest BCUT2D eigenvalue weighted by atomic mass is 10.2. The number of aromatic carboxylic acids is 1. The summed E-state index contributed by atoms with van der Waals surface area (Å²) < 4.78 is 5.58. The van der Waals surface area contributed by atoms with Gasteiger partial charge in [-0.2, -0.15) is 4.98 Å². The monoisotopic (exact) mass is 318 g/mol. The van der Waals surface area contributed by atoms with Crippen molar-refractivity contribution in [3.63, 3.8) is 0 Å². The summed E-state index contributed by atoms with van der Waals surface area (Å²) in [5.41, 5.74) is 0.843. The number of hydrogen-bond acceptors (Lipinski definition) is 5. The van der Waals surface area contributed by atoms with E-state index in [4.69, 9.17) is 11.3 Å². The number of carboxylic acid groups (broad SMARTS) is 1. The molecule has 3 rings (SSSR count). The van der Waals surface area contributed by atoms with Crippen molar-refractivity contribution in [3.8, 4) is 23.0 Å². The van der Waals surface area contributed by atoms with Crippen LogP contribution in [-0.2, 0) is 0 Å². The van der Waals surface area contributed by atoms with E-state index in [0.29, 0.717) is 22.8 Å². The molecule has 0 saturated heterocycles. The van der Waals surface area contributed by atoms with Crippen molar-refractivity contribution in [2.45, 2.75) is 0 Å². The zero-order valence-electron chi connectivity index (χ0n) is 12.2. The molecule has 0 aliphatic rings. The van der Waals surface area contributed by atoms with E-state index >= 15 is 0 Å². The highest BCUT2D eigenvalue weighted by molar-refractivity contribution is 5.90. The third-order valence-electron chi connectivity index (χ3n) is 3.07. The van der Waals surface area contributed by atoms with Crippen LogP contribution < -0.4 is 4.74 Å². The zero-order chi connectivity index (χ0) is 16.9. The maximum Gasteiger partial charge on any atom is 0.342 e. The summed E-state index contributed by atoms with van der Waals surface area (Å²) in [5, 5.41) is 9.29. The second-order valence-electron chi connectivity index (χ2n) is 4.67. The lowest BCUT2D eigenvalue weighted by molar-refractivity contribution is 0.0693. The van der Waals surface area contributed by atoms with Crippen LogP contribution in [0, 0.1) is 6.57 Å². The second-order valence-corrected chi connectivity index (χ2v) is 4.67. The van der Waals surface area contributed by atoms with Crippen LogP contribution in [0.2, 0.25) is 0 Å². The van der Waals surface area contributed by atoms with Crippen molar-refractivity contribution in [2.75, 3.05) is 0 Å². The molecule has 0 aliphatic carbocycles. The summed E-state index contributed by atoms with van der Waals surface area (Å²) in [7, 11) is 0. The molecule has 3 aromatic rings.